The first-order chi connectivity index (χ1) is 10.0. The van der Waals surface area contributed by atoms with E-state index in [2.05, 4.69) is 14.7 Å². The van der Waals surface area contributed by atoms with Crippen LogP contribution >= 0.6 is 23.2 Å². The summed E-state index contributed by atoms with van der Waals surface area (Å²) in [6.45, 7) is 14.0. The summed E-state index contributed by atoms with van der Waals surface area (Å²) in [5, 5.41) is 18.7. The Kier molecular flexibility index (Phi) is 3.96. The number of benzene rings is 1. The highest BCUT2D eigenvalue weighted by molar-refractivity contribution is 6.37. The number of aromatic hydroxyl groups is 1. The Hall–Kier alpha value is -2.78. The summed E-state index contributed by atoms with van der Waals surface area (Å²) in [4.78, 5) is 10.2. The molecule has 0 atom stereocenters. The zero-order valence-corrected chi connectivity index (χ0v) is 11.7. The largest absolute Gasteiger partial charge is 0.505 e. The molecule has 0 aromatic heterocycles. The molecule has 0 aliphatic carbocycles. The Morgan fingerprint density at radius 3 is 2.33 bits per heavy atom. The predicted molar refractivity (Wildman–Crippen MR) is 79.4 cm³/mol. The molecule has 0 unspecified atom stereocenters. The van der Waals surface area contributed by atoms with Gasteiger partial charge in [-0.2, -0.15) is 5.26 Å². The van der Waals surface area contributed by atoms with Crippen LogP contribution in [0.1, 0.15) is 5.56 Å². The molecule has 1 aliphatic heterocycles. The highest BCUT2D eigenvalue weighted by Crippen LogP contribution is 2.35. The standard InChI is InChI=1S/C14H4Cl2N4O/c1-18-12-8(6-17)11(20-14(12)19-2)5-7-3-9(15)13(21)10(16)4-7/h3-5,21H. The normalized spacial score (nSPS) is 15.4. The summed E-state index contributed by atoms with van der Waals surface area (Å²) < 4.78 is 0. The van der Waals surface area contributed by atoms with E-state index in [4.69, 9.17) is 41.6 Å². The third-order valence-corrected chi connectivity index (χ3v) is 3.18. The van der Waals surface area contributed by atoms with Gasteiger partial charge in [-0.25, -0.2) is 4.85 Å². The van der Waals surface area contributed by atoms with Crippen LogP contribution in [-0.2, 0) is 0 Å². The van der Waals surface area contributed by atoms with Crippen molar-refractivity contribution < 1.29 is 5.11 Å². The minimum atomic E-state index is -0.241. The maximum absolute atomic E-state index is 9.50. The Morgan fingerprint density at radius 1 is 1.24 bits per heavy atom. The molecule has 1 N–H and O–H groups in total. The van der Waals surface area contributed by atoms with Crippen molar-refractivity contribution in [2.45, 2.75) is 0 Å². The van der Waals surface area contributed by atoms with Gasteiger partial charge in [0.05, 0.1) is 28.3 Å². The quantitative estimate of drug-likeness (QED) is 0.794. The van der Waals surface area contributed by atoms with E-state index in [9.17, 15) is 5.11 Å². The van der Waals surface area contributed by atoms with Crippen LogP contribution in [0.2, 0.25) is 10.0 Å². The lowest BCUT2D eigenvalue weighted by molar-refractivity contribution is 0.476. The second kappa shape index (κ2) is 5.69. The Morgan fingerprint density at radius 2 is 1.86 bits per heavy atom. The molecule has 0 amide bonds. The first kappa shape index (κ1) is 14.6. The average Bonchev–Trinajstić information content (AvgIpc) is 2.81. The van der Waals surface area contributed by atoms with Crippen molar-refractivity contribution in [2.75, 3.05) is 0 Å². The Labute approximate surface area is 130 Å². The predicted octanol–water partition coefficient (Wildman–Crippen LogP) is 4.07. The number of nitriles is 1. The van der Waals surface area contributed by atoms with Crippen molar-refractivity contribution in [3.63, 3.8) is 0 Å². The van der Waals surface area contributed by atoms with Crippen molar-refractivity contribution in [3.8, 4) is 11.8 Å². The summed E-state index contributed by atoms with van der Waals surface area (Å²) in [5.74, 6) is -0.362. The lowest BCUT2D eigenvalue weighted by Crippen LogP contribution is -1.88. The molecule has 0 bridgehead atoms. The van der Waals surface area contributed by atoms with Gasteiger partial charge in [0.2, 0.25) is 5.70 Å². The molecule has 0 radical (unpaired) electrons. The maximum Gasteiger partial charge on any atom is 0.276 e. The molecule has 1 heterocycles. The number of allylic oxidation sites excluding steroid dienone is 1. The fourth-order valence-electron chi connectivity index (χ4n) is 1.68. The molecule has 0 saturated heterocycles. The number of phenols is 1. The van der Waals surface area contributed by atoms with Gasteiger partial charge in [0.25, 0.3) is 5.84 Å². The molecule has 0 saturated carbocycles. The van der Waals surface area contributed by atoms with Crippen LogP contribution in [0.3, 0.4) is 0 Å². The molecule has 1 aliphatic rings. The monoisotopic (exact) mass is 314 g/mol. The second-order valence-corrected chi connectivity index (χ2v) is 4.67. The van der Waals surface area contributed by atoms with Gasteiger partial charge >= 0.3 is 0 Å². The third kappa shape index (κ3) is 2.59. The molecule has 0 spiro atoms. The van der Waals surface area contributed by atoms with Gasteiger partial charge in [0, 0.05) is 0 Å². The van der Waals surface area contributed by atoms with Gasteiger partial charge in [-0.3, -0.25) is 0 Å². The van der Waals surface area contributed by atoms with Gasteiger partial charge in [-0.1, -0.05) is 29.8 Å². The molecule has 7 heteroatoms. The van der Waals surface area contributed by atoms with Crippen LogP contribution in [0.25, 0.3) is 15.8 Å². The van der Waals surface area contributed by atoms with E-state index in [1.807, 2.05) is 6.07 Å². The summed E-state index contributed by atoms with van der Waals surface area (Å²) in [7, 11) is 0. The van der Waals surface area contributed by atoms with Crippen molar-refractivity contribution >= 4 is 35.1 Å². The SMILES string of the molecule is [C-]#[N+]C1=NC(=Cc2cc(Cl)c(O)c(Cl)c2)C(C#N)=C1[N+]#[C-]. The van der Waals surface area contributed by atoms with Gasteiger partial charge in [-0.15, -0.1) is 4.99 Å². The smallest absolute Gasteiger partial charge is 0.276 e. The third-order valence-electron chi connectivity index (χ3n) is 2.60. The number of nitrogens with zero attached hydrogens (tertiary/aromatic N) is 4. The summed E-state index contributed by atoms with van der Waals surface area (Å²) in [6, 6.07) is 4.74. The van der Waals surface area contributed by atoms with E-state index < -0.39 is 0 Å². The summed E-state index contributed by atoms with van der Waals surface area (Å²) in [5.41, 5.74) is 0.628. The number of rotatable bonds is 1. The topological polar surface area (TPSA) is 65.1 Å². The molecule has 100 valence electrons. The maximum atomic E-state index is 9.50. The minimum absolute atomic E-state index is 0.0244. The Bertz CT molecular complexity index is 837. The lowest BCUT2D eigenvalue weighted by Gasteiger charge is -2.01. The lowest BCUT2D eigenvalue weighted by atomic mass is 10.1. The molecule has 2 rings (SSSR count). The zero-order valence-electron chi connectivity index (χ0n) is 10.2. The highest BCUT2D eigenvalue weighted by Gasteiger charge is 2.27. The molecular weight excluding hydrogens is 311 g/mol. The van der Waals surface area contributed by atoms with Gasteiger partial charge in [0.15, 0.2) is 11.4 Å². The fraction of sp³-hybridized carbons (Fsp3) is 0. The molecule has 21 heavy (non-hydrogen) atoms. The van der Waals surface area contributed by atoms with Gasteiger partial charge in [-0.05, 0) is 23.8 Å². The van der Waals surface area contributed by atoms with E-state index in [0.29, 0.717) is 5.56 Å². The van der Waals surface area contributed by atoms with E-state index in [0.717, 1.165) is 0 Å². The van der Waals surface area contributed by atoms with Crippen LogP contribution in [0, 0.1) is 24.5 Å². The molecule has 5 nitrogen and oxygen atoms in total. The first-order valence-corrected chi connectivity index (χ1v) is 6.15. The van der Waals surface area contributed by atoms with Crippen LogP contribution < -0.4 is 0 Å². The minimum Gasteiger partial charge on any atom is -0.505 e. The number of aliphatic imine (C=N–C) groups is 1. The van der Waals surface area contributed by atoms with Crippen molar-refractivity contribution in [1.29, 1.82) is 5.26 Å². The highest BCUT2D eigenvalue weighted by atomic mass is 35.5. The second-order valence-electron chi connectivity index (χ2n) is 3.86. The Balaban J connectivity index is 2.61. The molecule has 1 aromatic rings. The van der Waals surface area contributed by atoms with E-state index in [-0.39, 0.29) is 38.6 Å². The van der Waals surface area contributed by atoms with Crippen molar-refractivity contribution in [3.05, 3.63) is 67.5 Å². The number of phenolic OH excluding ortho intramolecular Hbond substituents is 1. The van der Waals surface area contributed by atoms with Crippen LogP contribution in [0.5, 0.6) is 5.75 Å². The average molecular weight is 315 g/mol. The van der Waals surface area contributed by atoms with E-state index >= 15 is 0 Å². The molecule has 0 fully saturated rings. The number of amidine groups is 1. The van der Waals surface area contributed by atoms with Gasteiger partial charge < -0.3 is 9.95 Å². The van der Waals surface area contributed by atoms with Crippen molar-refractivity contribution in [2.24, 2.45) is 4.99 Å². The summed E-state index contributed by atoms with van der Waals surface area (Å²) in [6.07, 6.45) is 1.47. The van der Waals surface area contributed by atoms with Crippen LogP contribution in [0.15, 0.2) is 34.1 Å². The zero-order chi connectivity index (χ0) is 15.6. The molecular formula is C14H4Cl2N4O. The van der Waals surface area contributed by atoms with E-state index in [1.54, 1.807) is 0 Å². The first-order valence-electron chi connectivity index (χ1n) is 5.40. The van der Waals surface area contributed by atoms with Crippen LogP contribution in [0.4, 0.5) is 0 Å². The fourth-order valence-corrected chi connectivity index (χ4v) is 2.18. The summed E-state index contributed by atoms with van der Waals surface area (Å²) >= 11 is 11.6. The number of halogens is 2. The number of hydrogen-bond acceptors (Lipinski definition) is 3. The van der Waals surface area contributed by atoms with Gasteiger partial charge in [0.1, 0.15) is 0 Å². The molecule has 1 aromatic carbocycles. The van der Waals surface area contributed by atoms with E-state index in [1.165, 1.54) is 18.2 Å². The van der Waals surface area contributed by atoms with Crippen molar-refractivity contribution in [1.82, 2.24) is 0 Å². The number of hydrogen-bond donors (Lipinski definition) is 1. The van der Waals surface area contributed by atoms with Crippen LogP contribution in [-0.4, -0.2) is 10.9 Å².